The van der Waals surface area contributed by atoms with Crippen molar-refractivity contribution in [2.75, 3.05) is 32.1 Å². The minimum Gasteiger partial charge on any atom is -0.507 e. The van der Waals surface area contributed by atoms with Crippen LogP contribution in [0.5, 0.6) is 5.75 Å². The number of hydrogen-bond acceptors (Lipinski definition) is 3. The van der Waals surface area contributed by atoms with Crippen molar-refractivity contribution in [1.29, 1.82) is 0 Å². The fourth-order valence-corrected chi connectivity index (χ4v) is 1.93. The lowest BCUT2D eigenvalue weighted by atomic mass is 10.2. The van der Waals surface area contributed by atoms with E-state index in [0.29, 0.717) is 25.3 Å². The molecule has 1 aromatic carbocycles. The molecule has 1 N–H and O–H groups in total. The normalized spacial score (nSPS) is 10.4. The molecule has 0 aliphatic rings. The van der Waals surface area contributed by atoms with Crippen LogP contribution < -0.4 is 0 Å². The summed E-state index contributed by atoms with van der Waals surface area (Å²) in [5.41, 5.74) is 0.293. The highest BCUT2D eigenvalue weighted by molar-refractivity contribution is 9.10. The van der Waals surface area contributed by atoms with Crippen LogP contribution in [-0.4, -0.2) is 48.0 Å². The van der Waals surface area contributed by atoms with E-state index in [4.69, 9.17) is 4.74 Å². The van der Waals surface area contributed by atoms with Gasteiger partial charge in [0.25, 0.3) is 5.91 Å². The van der Waals surface area contributed by atoms with Crippen LogP contribution in [0.15, 0.2) is 22.7 Å². The summed E-state index contributed by atoms with van der Waals surface area (Å²) in [5, 5.41) is 10.5. The molecule has 6 heteroatoms. The van der Waals surface area contributed by atoms with Crippen LogP contribution in [0.1, 0.15) is 10.4 Å². The Kier molecular flexibility index (Phi) is 6.67. The molecule has 0 aromatic heterocycles. The number of phenols is 1. The van der Waals surface area contributed by atoms with Gasteiger partial charge in [0.1, 0.15) is 5.75 Å². The molecule has 0 spiro atoms. The SMILES string of the molecule is CN(CCOCCBr)C(=O)c1ccc(Br)cc1O. The zero-order chi connectivity index (χ0) is 13.5. The van der Waals surface area contributed by atoms with E-state index >= 15 is 0 Å². The van der Waals surface area contributed by atoms with Gasteiger partial charge >= 0.3 is 0 Å². The van der Waals surface area contributed by atoms with Gasteiger partial charge in [0.05, 0.1) is 18.8 Å². The third kappa shape index (κ3) is 4.59. The number of benzene rings is 1. The smallest absolute Gasteiger partial charge is 0.257 e. The summed E-state index contributed by atoms with van der Waals surface area (Å²) >= 11 is 6.49. The molecular formula is C12H15Br2NO3. The molecule has 4 nitrogen and oxygen atoms in total. The Morgan fingerprint density at radius 2 is 2.17 bits per heavy atom. The van der Waals surface area contributed by atoms with E-state index < -0.39 is 0 Å². The molecule has 100 valence electrons. The summed E-state index contributed by atoms with van der Waals surface area (Å²) in [6, 6.07) is 4.82. The average molecular weight is 381 g/mol. The molecule has 1 rings (SSSR count). The van der Waals surface area contributed by atoms with E-state index in [1.54, 1.807) is 19.2 Å². The van der Waals surface area contributed by atoms with Crippen LogP contribution in [0.25, 0.3) is 0 Å². The molecule has 0 unspecified atom stereocenters. The zero-order valence-electron chi connectivity index (χ0n) is 10.0. The molecule has 0 fully saturated rings. The van der Waals surface area contributed by atoms with Crippen molar-refractivity contribution in [1.82, 2.24) is 4.90 Å². The maximum absolute atomic E-state index is 12.0. The largest absolute Gasteiger partial charge is 0.507 e. The van der Waals surface area contributed by atoms with E-state index in [9.17, 15) is 9.90 Å². The summed E-state index contributed by atoms with van der Waals surface area (Å²) in [7, 11) is 1.68. The minimum atomic E-state index is -0.220. The van der Waals surface area contributed by atoms with Crippen molar-refractivity contribution in [3.05, 3.63) is 28.2 Å². The van der Waals surface area contributed by atoms with Crippen molar-refractivity contribution in [3.8, 4) is 5.75 Å². The summed E-state index contributed by atoms with van der Waals surface area (Å²) < 4.78 is 6.01. The van der Waals surface area contributed by atoms with Crippen LogP contribution in [0, 0.1) is 0 Å². The molecule has 1 amide bonds. The highest BCUT2D eigenvalue weighted by Crippen LogP contribution is 2.23. The first kappa shape index (κ1) is 15.5. The second-order valence-electron chi connectivity index (χ2n) is 3.69. The Morgan fingerprint density at radius 1 is 1.44 bits per heavy atom. The molecule has 0 bridgehead atoms. The maximum atomic E-state index is 12.0. The third-order valence-electron chi connectivity index (χ3n) is 2.33. The number of rotatable bonds is 6. The molecule has 0 saturated heterocycles. The summed E-state index contributed by atoms with van der Waals surface area (Å²) in [4.78, 5) is 13.6. The lowest BCUT2D eigenvalue weighted by Crippen LogP contribution is -2.30. The van der Waals surface area contributed by atoms with Crippen LogP contribution in [0.2, 0.25) is 0 Å². The van der Waals surface area contributed by atoms with Gasteiger partial charge < -0.3 is 14.7 Å². The van der Waals surface area contributed by atoms with Crippen LogP contribution in [0.4, 0.5) is 0 Å². The van der Waals surface area contributed by atoms with E-state index in [1.807, 2.05) is 0 Å². The fourth-order valence-electron chi connectivity index (χ4n) is 1.35. The summed E-state index contributed by atoms with van der Waals surface area (Å²) in [6.07, 6.45) is 0. The van der Waals surface area contributed by atoms with Gasteiger partial charge in [-0.25, -0.2) is 0 Å². The second kappa shape index (κ2) is 7.76. The maximum Gasteiger partial charge on any atom is 0.257 e. The summed E-state index contributed by atoms with van der Waals surface area (Å²) in [5.74, 6) is -0.245. The van der Waals surface area contributed by atoms with Crippen molar-refractivity contribution < 1.29 is 14.6 Å². The number of carbonyl (C=O) groups excluding carboxylic acids is 1. The predicted molar refractivity (Wildman–Crippen MR) is 77.4 cm³/mol. The number of likely N-dealkylation sites (N-methyl/N-ethyl adjacent to an activating group) is 1. The van der Waals surface area contributed by atoms with Crippen LogP contribution in [0.3, 0.4) is 0 Å². The fraction of sp³-hybridized carbons (Fsp3) is 0.417. The van der Waals surface area contributed by atoms with E-state index in [2.05, 4.69) is 31.9 Å². The number of aromatic hydroxyl groups is 1. The first-order valence-corrected chi connectivity index (χ1v) is 7.35. The van der Waals surface area contributed by atoms with Gasteiger partial charge in [-0.2, -0.15) is 0 Å². The number of ether oxygens (including phenoxy) is 1. The number of carbonyl (C=O) groups is 1. The third-order valence-corrected chi connectivity index (χ3v) is 3.15. The topological polar surface area (TPSA) is 49.8 Å². The lowest BCUT2D eigenvalue weighted by Gasteiger charge is -2.17. The first-order valence-electron chi connectivity index (χ1n) is 5.44. The number of alkyl halides is 1. The van der Waals surface area contributed by atoms with Gasteiger partial charge in [0.2, 0.25) is 0 Å². The summed E-state index contributed by atoms with van der Waals surface area (Å²) in [6.45, 7) is 1.58. The Balaban J connectivity index is 2.57. The van der Waals surface area contributed by atoms with E-state index in [-0.39, 0.29) is 11.7 Å². The van der Waals surface area contributed by atoms with Crippen molar-refractivity contribution >= 4 is 37.8 Å². The molecule has 0 aliphatic heterocycles. The molecular weight excluding hydrogens is 366 g/mol. The van der Waals surface area contributed by atoms with Crippen molar-refractivity contribution in [2.24, 2.45) is 0 Å². The molecule has 0 radical (unpaired) electrons. The van der Waals surface area contributed by atoms with Gasteiger partial charge in [0, 0.05) is 23.4 Å². The molecule has 0 heterocycles. The molecule has 18 heavy (non-hydrogen) atoms. The molecule has 0 aliphatic carbocycles. The van der Waals surface area contributed by atoms with E-state index in [1.165, 1.54) is 11.0 Å². The van der Waals surface area contributed by atoms with Crippen LogP contribution in [-0.2, 0) is 4.74 Å². The van der Waals surface area contributed by atoms with Gasteiger partial charge in [-0.15, -0.1) is 0 Å². The highest BCUT2D eigenvalue weighted by Gasteiger charge is 2.15. The lowest BCUT2D eigenvalue weighted by molar-refractivity contribution is 0.0710. The predicted octanol–water partition coefficient (Wildman–Crippen LogP) is 2.64. The molecule has 0 atom stereocenters. The Labute approximate surface area is 123 Å². The number of nitrogens with zero attached hydrogens (tertiary/aromatic N) is 1. The molecule has 0 saturated carbocycles. The Morgan fingerprint density at radius 3 is 2.78 bits per heavy atom. The van der Waals surface area contributed by atoms with Gasteiger partial charge in [0.15, 0.2) is 0 Å². The Hall–Kier alpha value is -0.590. The monoisotopic (exact) mass is 379 g/mol. The van der Waals surface area contributed by atoms with E-state index in [0.717, 1.165) is 9.80 Å². The second-order valence-corrected chi connectivity index (χ2v) is 5.40. The number of halogens is 2. The zero-order valence-corrected chi connectivity index (χ0v) is 13.2. The standard InChI is InChI=1S/C12H15Br2NO3/c1-15(5-7-18-6-4-13)12(17)10-3-2-9(14)8-11(10)16/h2-3,8,16H,4-7H2,1H3. The van der Waals surface area contributed by atoms with Crippen molar-refractivity contribution in [2.45, 2.75) is 0 Å². The average Bonchev–Trinajstić information content (AvgIpc) is 2.33. The van der Waals surface area contributed by atoms with Gasteiger partial charge in [-0.1, -0.05) is 31.9 Å². The van der Waals surface area contributed by atoms with Gasteiger partial charge in [-0.3, -0.25) is 4.79 Å². The van der Waals surface area contributed by atoms with Crippen molar-refractivity contribution in [3.63, 3.8) is 0 Å². The van der Waals surface area contributed by atoms with Crippen LogP contribution >= 0.6 is 31.9 Å². The Bertz CT molecular complexity index is 412. The first-order chi connectivity index (χ1) is 8.56. The number of hydrogen-bond donors (Lipinski definition) is 1. The quantitative estimate of drug-likeness (QED) is 0.609. The molecule has 1 aromatic rings. The number of phenolic OH excluding ortho intramolecular Hbond substituents is 1. The minimum absolute atomic E-state index is 0.0254. The van der Waals surface area contributed by atoms with Gasteiger partial charge in [-0.05, 0) is 18.2 Å². The highest BCUT2D eigenvalue weighted by atomic mass is 79.9. The number of amides is 1.